The molecule has 0 bridgehead atoms. The Labute approximate surface area is 94.3 Å². The molecule has 0 saturated carbocycles. The molecule has 0 aliphatic carbocycles. The van der Waals surface area contributed by atoms with Gasteiger partial charge in [0.15, 0.2) is 0 Å². The summed E-state index contributed by atoms with van der Waals surface area (Å²) in [7, 11) is 0. The molecule has 15 heavy (non-hydrogen) atoms. The van der Waals surface area contributed by atoms with E-state index in [1.54, 1.807) is 0 Å². The van der Waals surface area contributed by atoms with Gasteiger partial charge in [0, 0.05) is 6.54 Å². The van der Waals surface area contributed by atoms with E-state index in [2.05, 4.69) is 45.6 Å². The first-order chi connectivity index (χ1) is 6.89. The van der Waals surface area contributed by atoms with Gasteiger partial charge in [-0.2, -0.15) is 5.26 Å². The van der Waals surface area contributed by atoms with Crippen LogP contribution in [0.2, 0.25) is 0 Å². The van der Waals surface area contributed by atoms with Crippen LogP contribution in [0.25, 0.3) is 0 Å². The second-order valence-corrected chi connectivity index (χ2v) is 6.05. The molecular formula is C13H24N2. The highest BCUT2D eigenvalue weighted by atomic mass is 15.2. The fourth-order valence-electron chi connectivity index (χ4n) is 2.73. The van der Waals surface area contributed by atoms with Crippen LogP contribution in [0.4, 0.5) is 0 Å². The van der Waals surface area contributed by atoms with Gasteiger partial charge >= 0.3 is 0 Å². The molecule has 1 heterocycles. The van der Waals surface area contributed by atoms with Gasteiger partial charge in [0.05, 0.1) is 6.07 Å². The Morgan fingerprint density at radius 3 is 2.33 bits per heavy atom. The number of nitriles is 1. The minimum atomic E-state index is 0.141. The molecule has 0 aromatic carbocycles. The molecule has 1 rings (SSSR count). The molecule has 2 heteroatoms. The van der Waals surface area contributed by atoms with Crippen molar-refractivity contribution in [2.75, 3.05) is 13.1 Å². The van der Waals surface area contributed by atoms with Crippen LogP contribution in [0.5, 0.6) is 0 Å². The van der Waals surface area contributed by atoms with Crippen molar-refractivity contribution in [2.24, 2.45) is 17.3 Å². The first kappa shape index (κ1) is 12.5. The van der Waals surface area contributed by atoms with Crippen molar-refractivity contribution in [2.45, 2.75) is 47.1 Å². The van der Waals surface area contributed by atoms with E-state index in [0.717, 1.165) is 13.1 Å². The Hall–Kier alpha value is -0.550. The summed E-state index contributed by atoms with van der Waals surface area (Å²) < 4.78 is 0. The first-order valence-corrected chi connectivity index (χ1v) is 6.02. The van der Waals surface area contributed by atoms with Crippen molar-refractivity contribution in [1.29, 1.82) is 5.26 Å². The summed E-state index contributed by atoms with van der Waals surface area (Å²) >= 11 is 0. The SMILES string of the molecule is CCN1CC(CC(C)(C)C)C(C)C1C#N. The van der Waals surface area contributed by atoms with Gasteiger partial charge in [-0.05, 0) is 30.2 Å². The highest BCUT2D eigenvalue weighted by molar-refractivity contribution is 5.03. The number of hydrogen-bond donors (Lipinski definition) is 0. The van der Waals surface area contributed by atoms with Crippen LogP contribution >= 0.6 is 0 Å². The lowest BCUT2D eigenvalue weighted by Crippen LogP contribution is -2.30. The number of likely N-dealkylation sites (tertiary alicyclic amines) is 1. The van der Waals surface area contributed by atoms with Gasteiger partial charge in [-0.15, -0.1) is 0 Å². The second-order valence-electron chi connectivity index (χ2n) is 6.05. The summed E-state index contributed by atoms with van der Waals surface area (Å²) in [4.78, 5) is 2.32. The predicted molar refractivity (Wildman–Crippen MR) is 63.4 cm³/mol. The fraction of sp³-hybridized carbons (Fsp3) is 0.923. The lowest BCUT2D eigenvalue weighted by Gasteiger charge is -2.25. The van der Waals surface area contributed by atoms with E-state index >= 15 is 0 Å². The Balaban J connectivity index is 2.68. The maximum Gasteiger partial charge on any atom is 0.101 e. The Bertz CT molecular complexity index is 246. The summed E-state index contributed by atoms with van der Waals surface area (Å²) in [6.07, 6.45) is 1.23. The summed E-state index contributed by atoms with van der Waals surface area (Å²) in [5, 5.41) is 9.16. The molecule has 0 N–H and O–H groups in total. The van der Waals surface area contributed by atoms with Gasteiger partial charge in [-0.1, -0.05) is 34.6 Å². The van der Waals surface area contributed by atoms with Crippen LogP contribution in [0.3, 0.4) is 0 Å². The molecule has 1 fully saturated rings. The molecule has 86 valence electrons. The highest BCUT2D eigenvalue weighted by Crippen LogP contribution is 2.36. The molecule has 3 atom stereocenters. The molecule has 1 saturated heterocycles. The third-order valence-electron chi connectivity index (χ3n) is 3.52. The summed E-state index contributed by atoms with van der Waals surface area (Å²) in [5.74, 6) is 1.21. The van der Waals surface area contributed by atoms with Crippen molar-refractivity contribution in [3.63, 3.8) is 0 Å². The van der Waals surface area contributed by atoms with Crippen molar-refractivity contribution in [1.82, 2.24) is 4.90 Å². The highest BCUT2D eigenvalue weighted by Gasteiger charge is 2.39. The third kappa shape index (κ3) is 2.95. The van der Waals surface area contributed by atoms with Crippen LogP contribution in [-0.2, 0) is 0 Å². The number of rotatable bonds is 2. The predicted octanol–water partition coefficient (Wildman–Crippen LogP) is 2.90. The van der Waals surface area contributed by atoms with E-state index in [1.807, 2.05) is 0 Å². The maximum atomic E-state index is 9.16. The minimum absolute atomic E-state index is 0.141. The first-order valence-electron chi connectivity index (χ1n) is 6.02. The van der Waals surface area contributed by atoms with Crippen LogP contribution in [-0.4, -0.2) is 24.0 Å². The summed E-state index contributed by atoms with van der Waals surface area (Å²) in [6, 6.07) is 2.60. The Morgan fingerprint density at radius 2 is 2.00 bits per heavy atom. The molecule has 3 unspecified atom stereocenters. The maximum absolute atomic E-state index is 9.16. The van der Waals surface area contributed by atoms with Crippen LogP contribution in [0.1, 0.15) is 41.0 Å². The normalized spacial score (nSPS) is 32.9. The molecule has 1 aliphatic rings. The van der Waals surface area contributed by atoms with Crippen molar-refractivity contribution in [3.05, 3.63) is 0 Å². The molecule has 0 aromatic heterocycles. The lowest BCUT2D eigenvalue weighted by atomic mass is 9.79. The van der Waals surface area contributed by atoms with Gasteiger partial charge in [-0.3, -0.25) is 4.90 Å². The van der Waals surface area contributed by atoms with E-state index in [4.69, 9.17) is 5.26 Å². The van der Waals surface area contributed by atoms with E-state index in [-0.39, 0.29) is 6.04 Å². The van der Waals surface area contributed by atoms with Crippen LogP contribution in [0, 0.1) is 28.6 Å². The average Bonchev–Trinajstić information content (AvgIpc) is 2.40. The van der Waals surface area contributed by atoms with Gasteiger partial charge in [0.25, 0.3) is 0 Å². The molecule has 1 aliphatic heterocycles. The quantitative estimate of drug-likeness (QED) is 0.697. The molecule has 0 radical (unpaired) electrons. The molecule has 0 amide bonds. The Morgan fingerprint density at radius 1 is 1.40 bits per heavy atom. The van der Waals surface area contributed by atoms with E-state index < -0.39 is 0 Å². The van der Waals surface area contributed by atoms with Gasteiger partial charge < -0.3 is 0 Å². The lowest BCUT2D eigenvalue weighted by molar-refractivity contribution is 0.262. The van der Waals surface area contributed by atoms with Crippen molar-refractivity contribution in [3.8, 4) is 6.07 Å². The largest absolute Gasteiger partial charge is 0.288 e. The van der Waals surface area contributed by atoms with E-state index in [1.165, 1.54) is 6.42 Å². The second kappa shape index (κ2) is 4.53. The van der Waals surface area contributed by atoms with E-state index in [9.17, 15) is 0 Å². The number of hydrogen-bond acceptors (Lipinski definition) is 2. The molecule has 0 aromatic rings. The third-order valence-corrected chi connectivity index (χ3v) is 3.52. The zero-order valence-electron chi connectivity index (χ0n) is 10.7. The fourth-order valence-corrected chi connectivity index (χ4v) is 2.73. The summed E-state index contributed by atoms with van der Waals surface area (Å²) in [5.41, 5.74) is 0.378. The molecule has 0 spiro atoms. The van der Waals surface area contributed by atoms with Crippen molar-refractivity contribution >= 4 is 0 Å². The standard InChI is InChI=1S/C13H24N2/c1-6-15-9-11(7-13(3,4)5)10(2)12(15)8-14/h10-12H,6-7,9H2,1-5H3. The van der Waals surface area contributed by atoms with Gasteiger partial charge in [0.2, 0.25) is 0 Å². The van der Waals surface area contributed by atoms with Crippen LogP contribution in [0.15, 0.2) is 0 Å². The monoisotopic (exact) mass is 208 g/mol. The number of nitrogens with zero attached hydrogens (tertiary/aromatic N) is 2. The minimum Gasteiger partial charge on any atom is -0.288 e. The summed E-state index contributed by atoms with van der Waals surface area (Å²) in [6.45, 7) is 13.4. The van der Waals surface area contributed by atoms with Gasteiger partial charge in [-0.25, -0.2) is 0 Å². The van der Waals surface area contributed by atoms with Crippen molar-refractivity contribution < 1.29 is 0 Å². The van der Waals surface area contributed by atoms with E-state index in [0.29, 0.717) is 17.3 Å². The topological polar surface area (TPSA) is 27.0 Å². The van der Waals surface area contributed by atoms with Gasteiger partial charge in [0.1, 0.15) is 6.04 Å². The zero-order valence-corrected chi connectivity index (χ0v) is 10.7. The van der Waals surface area contributed by atoms with Crippen LogP contribution < -0.4 is 0 Å². The molecular weight excluding hydrogens is 184 g/mol. The smallest absolute Gasteiger partial charge is 0.101 e. The Kier molecular flexibility index (Phi) is 3.78. The molecule has 2 nitrogen and oxygen atoms in total. The average molecular weight is 208 g/mol. The zero-order chi connectivity index (χ0) is 11.6.